The number of hydrogen-bond donors (Lipinski definition) is 2. The van der Waals surface area contributed by atoms with Gasteiger partial charge in [-0.2, -0.15) is 5.10 Å². The smallest absolute Gasteiger partial charge is 0.211 e. The number of rotatable bonds is 7. The van der Waals surface area contributed by atoms with Crippen molar-refractivity contribution in [3.8, 4) is 5.75 Å². The van der Waals surface area contributed by atoms with Crippen LogP contribution in [0.25, 0.3) is 0 Å². The van der Waals surface area contributed by atoms with Crippen LogP contribution in [0.15, 0.2) is 28.4 Å². The number of hydrogen-bond acceptors (Lipinski definition) is 3. The van der Waals surface area contributed by atoms with Crippen molar-refractivity contribution in [1.29, 1.82) is 0 Å². The second-order valence-electron chi connectivity index (χ2n) is 4.01. The lowest BCUT2D eigenvalue weighted by atomic mass is 10.2. The molecule has 0 fully saturated rings. The van der Waals surface area contributed by atoms with Gasteiger partial charge in [0.2, 0.25) is 5.96 Å². The minimum atomic E-state index is -0.368. The summed E-state index contributed by atoms with van der Waals surface area (Å²) in [4.78, 5) is 0. The molecule has 0 saturated heterocycles. The maximum atomic E-state index is 13.2. The molecule has 0 bridgehead atoms. The normalized spacial score (nSPS) is 10.6. The summed E-state index contributed by atoms with van der Waals surface area (Å²) in [6.07, 6.45) is 4.53. The van der Waals surface area contributed by atoms with Crippen molar-refractivity contribution < 1.29 is 9.13 Å². The van der Waals surface area contributed by atoms with Gasteiger partial charge >= 0.3 is 0 Å². The average Bonchev–Trinajstić information content (AvgIpc) is 2.36. The molecule has 104 valence electrons. The van der Waals surface area contributed by atoms with Crippen LogP contribution in [0, 0.1) is 5.82 Å². The summed E-state index contributed by atoms with van der Waals surface area (Å²) in [6, 6.07) is 4.23. The molecule has 0 amide bonds. The van der Waals surface area contributed by atoms with E-state index in [9.17, 15) is 4.39 Å². The Morgan fingerprint density at radius 2 is 2.16 bits per heavy atom. The van der Waals surface area contributed by atoms with Crippen LogP contribution in [0.3, 0.4) is 0 Å². The molecule has 0 aliphatic rings. The quantitative estimate of drug-likeness (QED) is 0.342. The highest BCUT2D eigenvalue weighted by Gasteiger charge is 2.03. The van der Waals surface area contributed by atoms with E-state index in [0.29, 0.717) is 17.9 Å². The highest BCUT2D eigenvalue weighted by atomic mass is 19.1. The van der Waals surface area contributed by atoms with Crippen molar-refractivity contribution in [1.82, 2.24) is 0 Å². The fourth-order valence-electron chi connectivity index (χ4n) is 1.44. The first-order chi connectivity index (χ1) is 9.13. The number of nitrogens with zero attached hydrogens (tertiary/aromatic N) is 2. The Bertz CT molecular complexity index is 456. The van der Waals surface area contributed by atoms with Gasteiger partial charge in [-0.05, 0) is 24.6 Å². The predicted molar refractivity (Wildman–Crippen MR) is 74.8 cm³/mol. The Labute approximate surface area is 112 Å². The van der Waals surface area contributed by atoms with Gasteiger partial charge in [-0.25, -0.2) is 4.39 Å². The van der Waals surface area contributed by atoms with Gasteiger partial charge < -0.3 is 16.2 Å². The number of ether oxygens (including phenoxy) is 1. The topological polar surface area (TPSA) is 86.0 Å². The molecule has 0 spiro atoms. The average molecular weight is 266 g/mol. The summed E-state index contributed by atoms with van der Waals surface area (Å²) in [7, 11) is 0. The third kappa shape index (κ3) is 5.85. The van der Waals surface area contributed by atoms with E-state index in [0.717, 1.165) is 19.3 Å². The largest absolute Gasteiger partial charge is 0.493 e. The van der Waals surface area contributed by atoms with Crippen LogP contribution in [0.4, 0.5) is 4.39 Å². The van der Waals surface area contributed by atoms with Gasteiger partial charge in [-0.15, -0.1) is 5.10 Å². The van der Waals surface area contributed by atoms with Crippen molar-refractivity contribution in [2.24, 2.45) is 21.7 Å². The first-order valence-corrected chi connectivity index (χ1v) is 6.17. The van der Waals surface area contributed by atoms with E-state index in [2.05, 4.69) is 17.1 Å². The molecule has 4 N–H and O–H groups in total. The van der Waals surface area contributed by atoms with Crippen LogP contribution in [-0.2, 0) is 0 Å². The zero-order chi connectivity index (χ0) is 14.1. The second kappa shape index (κ2) is 8.07. The summed E-state index contributed by atoms with van der Waals surface area (Å²) in [5.41, 5.74) is 10.8. The molecule has 1 aromatic carbocycles. The minimum absolute atomic E-state index is 0.155. The van der Waals surface area contributed by atoms with E-state index in [1.807, 2.05) is 0 Å². The molecule has 0 heterocycles. The summed E-state index contributed by atoms with van der Waals surface area (Å²) in [5.74, 6) is 0.0390. The van der Waals surface area contributed by atoms with Crippen LogP contribution in [0.2, 0.25) is 0 Å². The zero-order valence-corrected chi connectivity index (χ0v) is 11.0. The van der Waals surface area contributed by atoms with Crippen LogP contribution in [0.1, 0.15) is 31.7 Å². The molecule has 0 aliphatic carbocycles. The summed E-state index contributed by atoms with van der Waals surface area (Å²) in [5, 5.41) is 7.12. The van der Waals surface area contributed by atoms with Crippen LogP contribution in [-0.4, -0.2) is 18.8 Å². The van der Waals surface area contributed by atoms with E-state index in [4.69, 9.17) is 16.2 Å². The van der Waals surface area contributed by atoms with Crippen LogP contribution in [0.5, 0.6) is 5.75 Å². The fourth-order valence-corrected chi connectivity index (χ4v) is 1.44. The molecular formula is C13H19FN4O. The molecule has 6 heteroatoms. The predicted octanol–water partition coefficient (Wildman–Crippen LogP) is 2.00. The highest BCUT2D eigenvalue weighted by molar-refractivity contribution is 5.84. The van der Waals surface area contributed by atoms with Crippen molar-refractivity contribution in [2.75, 3.05) is 6.61 Å². The second-order valence-corrected chi connectivity index (χ2v) is 4.01. The summed E-state index contributed by atoms with van der Waals surface area (Å²) < 4.78 is 18.8. The molecule has 1 rings (SSSR count). The van der Waals surface area contributed by atoms with Crippen molar-refractivity contribution in [3.05, 3.63) is 29.6 Å². The van der Waals surface area contributed by atoms with Gasteiger partial charge in [0.15, 0.2) is 0 Å². The fraction of sp³-hybridized carbons (Fsp3) is 0.385. The molecule has 1 aromatic rings. The first kappa shape index (κ1) is 14.9. The monoisotopic (exact) mass is 266 g/mol. The third-order valence-corrected chi connectivity index (χ3v) is 2.35. The molecule has 0 unspecified atom stereocenters. The van der Waals surface area contributed by atoms with Gasteiger partial charge in [0.25, 0.3) is 0 Å². The molecule has 0 saturated carbocycles. The maximum absolute atomic E-state index is 13.2. The standard InChI is InChI=1S/C13H19FN4O/c1-2-3-4-7-19-12-6-5-11(14)8-10(12)9-17-18-13(15)16/h5-6,8-9H,2-4,7H2,1H3,(H4,15,16,18). The van der Waals surface area contributed by atoms with Crippen LogP contribution >= 0.6 is 0 Å². The van der Waals surface area contributed by atoms with Gasteiger partial charge in [0.05, 0.1) is 12.8 Å². The summed E-state index contributed by atoms with van der Waals surface area (Å²) in [6.45, 7) is 2.70. The third-order valence-electron chi connectivity index (χ3n) is 2.35. The Morgan fingerprint density at radius 3 is 2.84 bits per heavy atom. The number of halogens is 1. The SMILES string of the molecule is CCCCCOc1ccc(F)cc1C=NN=C(N)N. The Kier molecular flexibility index (Phi) is 6.35. The van der Waals surface area contributed by atoms with Gasteiger partial charge in [-0.3, -0.25) is 0 Å². The zero-order valence-electron chi connectivity index (χ0n) is 11.0. The molecule has 0 aromatic heterocycles. The lowest BCUT2D eigenvalue weighted by molar-refractivity contribution is 0.305. The number of unbranched alkanes of at least 4 members (excludes halogenated alkanes) is 2. The van der Waals surface area contributed by atoms with E-state index in [1.165, 1.54) is 18.3 Å². The molecule has 0 aliphatic heterocycles. The molecule has 0 radical (unpaired) electrons. The number of guanidine groups is 1. The number of benzene rings is 1. The molecule has 5 nitrogen and oxygen atoms in total. The lowest BCUT2D eigenvalue weighted by Gasteiger charge is -2.08. The summed E-state index contributed by atoms with van der Waals surface area (Å²) >= 11 is 0. The van der Waals surface area contributed by atoms with E-state index < -0.39 is 0 Å². The first-order valence-electron chi connectivity index (χ1n) is 6.17. The Hall–Kier alpha value is -2.11. The van der Waals surface area contributed by atoms with E-state index in [-0.39, 0.29) is 11.8 Å². The highest BCUT2D eigenvalue weighted by Crippen LogP contribution is 2.18. The van der Waals surface area contributed by atoms with Gasteiger partial charge in [0.1, 0.15) is 11.6 Å². The Morgan fingerprint density at radius 1 is 1.37 bits per heavy atom. The molecule has 0 atom stereocenters. The van der Waals surface area contributed by atoms with E-state index >= 15 is 0 Å². The Balaban J connectivity index is 2.74. The van der Waals surface area contributed by atoms with Crippen molar-refractivity contribution in [3.63, 3.8) is 0 Å². The minimum Gasteiger partial charge on any atom is -0.493 e. The maximum Gasteiger partial charge on any atom is 0.211 e. The van der Waals surface area contributed by atoms with Gasteiger partial charge in [0, 0.05) is 5.56 Å². The van der Waals surface area contributed by atoms with E-state index in [1.54, 1.807) is 6.07 Å². The molecular weight excluding hydrogens is 247 g/mol. The molecule has 19 heavy (non-hydrogen) atoms. The van der Waals surface area contributed by atoms with Gasteiger partial charge in [-0.1, -0.05) is 19.8 Å². The van der Waals surface area contributed by atoms with Crippen molar-refractivity contribution >= 4 is 12.2 Å². The lowest BCUT2D eigenvalue weighted by Crippen LogP contribution is -2.21. The van der Waals surface area contributed by atoms with Crippen LogP contribution < -0.4 is 16.2 Å². The van der Waals surface area contributed by atoms with Crippen molar-refractivity contribution in [2.45, 2.75) is 26.2 Å². The number of nitrogens with two attached hydrogens (primary N) is 2.